The lowest BCUT2D eigenvalue weighted by Gasteiger charge is -2.19. The van der Waals surface area contributed by atoms with E-state index in [4.69, 9.17) is 5.11 Å². The highest BCUT2D eigenvalue weighted by Crippen LogP contribution is 2.34. The van der Waals surface area contributed by atoms with Gasteiger partial charge in [-0.1, -0.05) is 20.3 Å². The van der Waals surface area contributed by atoms with Crippen molar-refractivity contribution >= 4 is 0 Å². The minimum Gasteiger partial charge on any atom is -0.396 e. The Morgan fingerprint density at radius 1 is 1.46 bits per heavy atom. The van der Waals surface area contributed by atoms with Crippen LogP contribution in [-0.4, -0.2) is 24.3 Å². The van der Waals surface area contributed by atoms with E-state index < -0.39 is 0 Å². The summed E-state index contributed by atoms with van der Waals surface area (Å²) in [4.78, 5) is 0. The molecule has 2 heteroatoms. The minimum atomic E-state index is 0.302. The molecule has 0 radical (unpaired) electrons. The van der Waals surface area contributed by atoms with Crippen molar-refractivity contribution < 1.29 is 5.11 Å². The number of hydrogen-bond donors (Lipinski definition) is 2. The van der Waals surface area contributed by atoms with Crippen molar-refractivity contribution in [2.24, 2.45) is 11.8 Å². The largest absolute Gasteiger partial charge is 0.396 e. The van der Waals surface area contributed by atoms with Gasteiger partial charge >= 0.3 is 0 Å². The molecule has 1 rings (SSSR count). The first kappa shape index (κ1) is 11.0. The van der Waals surface area contributed by atoms with Crippen LogP contribution in [-0.2, 0) is 0 Å². The average Bonchev–Trinajstić information content (AvgIpc) is 2.94. The summed E-state index contributed by atoms with van der Waals surface area (Å²) in [5, 5.41) is 12.5. The van der Waals surface area contributed by atoms with Crippen molar-refractivity contribution in [2.45, 2.75) is 45.6 Å². The molecule has 1 fully saturated rings. The van der Waals surface area contributed by atoms with Crippen LogP contribution < -0.4 is 5.32 Å². The van der Waals surface area contributed by atoms with Gasteiger partial charge < -0.3 is 10.4 Å². The quantitative estimate of drug-likeness (QED) is 0.633. The van der Waals surface area contributed by atoms with Crippen molar-refractivity contribution in [3.8, 4) is 0 Å². The van der Waals surface area contributed by atoms with Gasteiger partial charge in [0.25, 0.3) is 0 Å². The van der Waals surface area contributed by atoms with Crippen molar-refractivity contribution in [3.05, 3.63) is 0 Å². The third-order valence-corrected chi connectivity index (χ3v) is 2.83. The molecule has 78 valence electrons. The summed E-state index contributed by atoms with van der Waals surface area (Å²) in [7, 11) is 0. The van der Waals surface area contributed by atoms with Gasteiger partial charge in [0, 0.05) is 19.2 Å². The van der Waals surface area contributed by atoms with Crippen LogP contribution in [0.4, 0.5) is 0 Å². The minimum absolute atomic E-state index is 0.302. The van der Waals surface area contributed by atoms with Crippen molar-refractivity contribution in [3.63, 3.8) is 0 Å². The lowest BCUT2D eigenvalue weighted by Crippen LogP contribution is -2.35. The second-order valence-corrected chi connectivity index (χ2v) is 4.43. The third-order valence-electron chi connectivity index (χ3n) is 2.83. The van der Waals surface area contributed by atoms with Crippen LogP contribution in [0.2, 0.25) is 0 Å². The monoisotopic (exact) mass is 185 g/mol. The van der Waals surface area contributed by atoms with E-state index in [0.717, 1.165) is 18.5 Å². The molecule has 2 nitrogen and oxygen atoms in total. The Morgan fingerprint density at radius 2 is 2.15 bits per heavy atom. The maximum atomic E-state index is 8.89. The maximum Gasteiger partial charge on any atom is 0.0468 e. The molecule has 0 aromatic carbocycles. The van der Waals surface area contributed by atoms with Gasteiger partial charge in [-0.05, 0) is 31.1 Å². The molecule has 0 aromatic heterocycles. The van der Waals surface area contributed by atoms with Gasteiger partial charge in [-0.3, -0.25) is 0 Å². The van der Waals surface area contributed by atoms with Crippen molar-refractivity contribution in [2.75, 3.05) is 13.2 Å². The van der Waals surface area contributed by atoms with Gasteiger partial charge in [-0.25, -0.2) is 0 Å². The normalized spacial score (nSPS) is 21.5. The number of hydrogen-bond acceptors (Lipinski definition) is 2. The molecule has 1 saturated carbocycles. The molecule has 0 spiro atoms. The predicted molar refractivity (Wildman–Crippen MR) is 55.7 cm³/mol. The van der Waals surface area contributed by atoms with E-state index in [1.54, 1.807) is 0 Å². The second-order valence-electron chi connectivity index (χ2n) is 4.43. The Hall–Kier alpha value is -0.0800. The van der Waals surface area contributed by atoms with E-state index in [1.807, 2.05) is 0 Å². The molecule has 2 N–H and O–H groups in total. The first-order valence-corrected chi connectivity index (χ1v) is 5.62. The Morgan fingerprint density at radius 3 is 2.62 bits per heavy atom. The van der Waals surface area contributed by atoms with Crippen LogP contribution in [0, 0.1) is 11.8 Å². The third kappa shape index (κ3) is 4.10. The van der Waals surface area contributed by atoms with Gasteiger partial charge in [0.05, 0.1) is 0 Å². The summed E-state index contributed by atoms with van der Waals surface area (Å²) in [6.07, 6.45) is 5.38. The SMILES string of the molecule is CCCC(NCC(C)CO)C1CC1. The van der Waals surface area contributed by atoms with Crippen molar-refractivity contribution in [1.29, 1.82) is 0 Å². The Labute approximate surface area is 81.7 Å². The fourth-order valence-electron chi connectivity index (χ4n) is 1.73. The lowest BCUT2D eigenvalue weighted by molar-refractivity contribution is 0.227. The molecular formula is C11H23NO. The first-order valence-electron chi connectivity index (χ1n) is 5.62. The van der Waals surface area contributed by atoms with Crippen LogP contribution in [0.3, 0.4) is 0 Å². The van der Waals surface area contributed by atoms with E-state index in [9.17, 15) is 0 Å². The summed E-state index contributed by atoms with van der Waals surface area (Å²) in [5.74, 6) is 1.34. The summed E-state index contributed by atoms with van der Waals surface area (Å²) in [6.45, 7) is 5.60. The zero-order valence-corrected chi connectivity index (χ0v) is 8.92. The Kier molecular flexibility index (Phi) is 4.74. The standard InChI is InChI=1S/C11H23NO/c1-3-4-11(10-5-6-10)12-7-9(2)8-13/h9-13H,3-8H2,1-2H3. The smallest absolute Gasteiger partial charge is 0.0468 e. The van der Waals surface area contributed by atoms with Crippen molar-refractivity contribution in [1.82, 2.24) is 5.32 Å². The topological polar surface area (TPSA) is 32.3 Å². The highest BCUT2D eigenvalue weighted by atomic mass is 16.3. The molecule has 1 aliphatic carbocycles. The van der Waals surface area contributed by atoms with Crippen LogP contribution in [0.5, 0.6) is 0 Å². The molecule has 2 atom stereocenters. The summed E-state index contributed by atoms with van der Waals surface area (Å²) >= 11 is 0. The number of aliphatic hydroxyl groups is 1. The zero-order chi connectivity index (χ0) is 9.68. The molecule has 1 aliphatic rings. The average molecular weight is 185 g/mol. The fraction of sp³-hybridized carbons (Fsp3) is 1.00. The van der Waals surface area contributed by atoms with Crippen LogP contribution >= 0.6 is 0 Å². The number of rotatable bonds is 7. The van der Waals surface area contributed by atoms with E-state index in [0.29, 0.717) is 12.5 Å². The summed E-state index contributed by atoms with van der Waals surface area (Å²) in [5.41, 5.74) is 0. The van der Waals surface area contributed by atoms with Gasteiger partial charge in [0.2, 0.25) is 0 Å². The molecule has 0 amide bonds. The maximum absolute atomic E-state index is 8.89. The molecule has 0 aromatic rings. The Bertz CT molecular complexity index is 134. The Balaban J connectivity index is 2.14. The van der Waals surface area contributed by atoms with E-state index >= 15 is 0 Å². The van der Waals surface area contributed by atoms with Crippen LogP contribution in [0.25, 0.3) is 0 Å². The molecule has 0 saturated heterocycles. The van der Waals surface area contributed by atoms with Gasteiger partial charge in [-0.15, -0.1) is 0 Å². The zero-order valence-electron chi connectivity index (χ0n) is 8.92. The van der Waals surface area contributed by atoms with Crippen LogP contribution in [0.1, 0.15) is 39.5 Å². The second kappa shape index (κ2) is 5.61. The summed E-state index contributed by atoms with van der Waals surface area (Å²) < 4.78 is 0. The van der Waals surface area contributed by atoms with E-state index in [2.05, 4.69) is 19.2 Å². The van der Waals surface area contributed by atoms with E-state index in [1.165, 1.54) is 25.7 Å². The molecule has 0 bridgehead atoms. The van der Waals surface area contributed by atoms with Gasteiger partial charge in [0.15, 0.2) is 0 Å². The highest BCUT2D eigenvalue weighted by Gasteiger charge is 2.30. The van der Waals surface area contributed by atoms with Gasteiger partial charge in [0.1, 0.15) is 0 Å². The fourth-order valence-corrected chi connectivity index (χ4v) is 1.73. The first-order chi connectivity index (χ1) is 6.27. The molecular weight excluding hydrogens is 162 g/mol. The summed E-state index contributed by atoms with van der Waals surface area (Å²) in [6, 6.07) is 0.721. The van der Waals surface area contributed by atoms with Gasteiger partial charge in [-0.2, -0.15) is 0 Å². The molecule has 2 unspecified atom stereocenters. The highest BCUT2D eigenvalue weighted by molar-refractivity contribution is 4.86. The molecule has 0 heterocycles. The molecule has 0 aliphatic heterocycles. The number of nitrogens with one attached hydrogen (secondary N) is 1. The number of aliphatic hydroxyl groups excluding tert-OH is 1. The molecule has 13 heavy (non-hydrogen) atoms. The predicted octanol–water partition coefficient (Wildman–Crippen LogP) is 1.78. The lowest BCUT2D eigenvalue weighted by atomic mass is 10.1. The van der Waals surface area contributed by atoms with E-state index in [-0.39, 0.29) is 0 Å². The van der Waals surface area contributed by atoms with Crippen LogP contribution in [0.15, 0.2) is 0 Å².